The summed E-state index contributed by atoms with van der Waals surface area (Å²) in [5, 5.41) is 10.9. The van der Waals surface area contributed by atoms with Gasteiger partial charge in [0.2, 0.25) is 0 Å². The van der Waals surface area contributed by atoms with Crippen molar-refractivity contribution in [2.75, 3.05) is 18.0 Å². The number of benzene rings is 1. The topological polar surface area (TPSA) is 72.4 Å². The second kappa shape index (κ2) is 5.05. The van der Waals surface area contributed by atoms with Crippen LogP contribution >= 0.6 is 0 Å². The molecular weight excluding hydrogens is 254 g/mol. The molecule has 5 nitrogen and oxygen atoms in total. The van der Waals surface area contributed by atoms with Crippen LogP contribution in [-0.2, 0) is 0 Å². The molecule has 0 amide bonds. The van der Waals surface area contributed by atoms with Gasteiger partial charge in [0.05, 0.1) is 4.92 Å². The van der Waals surface area contributed by atoms with Crippen molar-refractivity contribution in [3.8, 4) is 0 Å². The molecule has 3 rings (SSSR count). The fraction of sp³-hybridized carbons (Fsp3) is 0.600. The van der Waals surface area contributed by atoms with Crippen LogP contribution in [0, 0.1) is 28.9 Å². The second-order valence-electron chi connectivity index (χ2n) is 6.15. The molecular formula is C15H21N3O2. The van der Waals surface area contributed by atoms with Crippen LogP contribution in [0.15, 0.2) is 18.2 Å². The van der Waals surface area contributed by atoms with E-state index < -0.39 is 0 Å². The van der Waals surface area contributed by atoms with Crippen LogP contribution in [0.2, 0.25) is 0 Å². The normalized spacial score (nSPS) is 29.3. The third kappa shape index (κ3) is 2.26. The Morgan fingerprint density at radius 3 is 2.80 bits per heavy atom. The van der Waals surface area contributed by atoms with E-state index in [2.05, 4.69) is 4.90 Å². The van der Waals surface area contributed by atoms with Gasteiger partial charge < -0.3 is 10.6 Å². The van der Waals surface area contributed by atoms with Crippen molar-refractivity contribution in [3.05, 3.63) is 33.9 Å². The van der Waals surface area contributed by atoms with Gasteiger partial charge in [-0.25, -0.2) is 0 Å². The Labute approximate surface area is 118 Å². The number of rotatable bonds is 2. The third-order valence-corrected chi connectivity index (χ3v) is 4.90. The summed E-state index contributed by atoms with van der Waals surface area (Å²) in [7, 11) is 0. The summed E-state index contributed by atoms with van der Waals surface area (Å²) in [6.07, 6.45) is 3.63. The minimum absolute atomic E-state index is 0.196. The van der Waals surface area contributed by atoms with Crippen molar-refractivity contribution in [1.29, 1.82) is 0 Å². The molecule has 20 heavy (non-hydrogen) atoms. The van der Waals surface area contributed by atoms with Gasteiger partial charge in [-0.05, 0) is 43.7 Å². The predicted octanol–water partition coefficient (Wildman–Crippen LogP) is 2.47. The quantitative estimate of drug-likeness (QED) is 0.664. The van der Waals surface area contributed by atoms with Crippen LogP contribution in [0.5, 0.6) is 0 Å². The van der Waals surface area contributed by atoms with Crippen LogP contribution in [-0.4, -0.2) is 24.1 Å². The third-order valence-electron chi connectivity index (χ3n) is 4.90. The van der Waals surface area contributed by atoms with Crippen molar-refractivity contribution < 1.29 is 4.92 Å². The van der Waals surface area contributed by atoms with E-state index in [-0.39, 0.29) is 10.6 Å². The highest BCUT2D eigenvalue weighted by molar-refractivity contribution is 5.56. The van der Waals surface area contributed by atoms with Crippen molar-refractivity contribution in [3.63, 3.8) is 0 Å². The second-order valence-corrected chi connectivity index (χ2v) is 6.15. The maximum absolute atomic E-state index is 10.9. The van der Waals surface area contributed by atoms with Crippen LogP contribution in [0.4, 0.5) is 11.4 Å². The van der Waals surface area contributed by atoms with E-state index in [0.717, 1.165) is 30.8 Å². The minimum Gasteiger partial charge on any atom is -0.371 e. The molecule has 1 aliphatic heterocycles. The molecule has 1 heterocycles. The fourth-order valence-corrected chi connectivity index (χ4v) is 3.77. The molecule has 1 aromatic rings. The lowest BCUT2D eigenvalue weighted by Crippen LogP contribution is -2.38. The molecule has 0 aromatic heterocycles. The average Bonchev–Trinajstić information content (AvgIpc) is 2.83. The Morgan fingerprint density at radius 2 is 2.15 bits per heavy atom. The van der Waals surface area contributed by atoms with Crippen molar-refractivity contribution in [2.45, 2.75) is 32.2 Å². The van der Waals surface area contributed by atoms with Crippen LogP contribution in [0.1, 0.15) is 24.8 Å². The molecule has 1 saturated heterocycles. The zero-order valence-corrected chi connectivity index (χ0v) is 11.8. The number of nitrogens with zero attached hydrogens (tertiary/aromatic N) is 2. The molecule has 1 saturated carbocycles. The first-order chi connectivity index (χ1) is 9.56. The lowest BCUT2D eigenvalue weighted by molar-refractivity contribution is -0.385. The Hall–Kier alpha value is -1.62. The van der Waals surface area contributed by atoms with Gasteiger partial charge in [0.15, 0.2) is 0 Å². The van der Waals surface area contributed by atoms with Crippen molar-refractivity contribution in [2.24, 2.45) is 17.6 Å². The largest absolute Gasteiger partial charge is 0.371 e. The molecule has 2 fully saturated rings. The van der Waals surface area contributed by atoms with Gasteiger partial charge in [-0.1, -0.05) is 6.42 Å². The molecule has 0 bridgehead atoms. The minimum atomic E-state index is -0.321. The number of nitrogens with two attached hydrogens (primary N) is 1. The molecule has 3 unspecified atom stereocenters. The average molecular weight is 275 g/mol. The van der Waals surface area contributed by atoms with E-state index in [4.69, 9.17) is 5.73 Å². The first-order valence-corrected chi connectivity index (χ1v) is 7.32. The van der Waals surface area contributed by atoms with E-state index in [1.165, 1.54) is 12.8 Å². The summed E-state index contributed by atoms with van der Waals surface area (Å²) in [6, 6.07) is 5.74. The van der Waals surface area contributed by atoms with Gasteiger partial charge in [0.25, 0.3) is 5.69 Å². The van der Waals surface area contributed by atoms with Crippen LogP contribution in [0.3, 0.4) is 0 Å². The van der Waals surface area contributed by atoms with Gasteiger partial charge in [0.1, 0.15) is 0 Å². The first-order valence-electron chi connectivity index (χ1n) is 7.32. The lowest BCUT2D eigenvalue weighted by atomic mass is 9.78. The molecule has 1 aromatic carbocycles. The zero-order chi connectivity index (χ0) is 14.3. The van der Waals surface area contributed by atoms with Crippen LogP contribution < -0.4 is 10.6 Å². The summed E-state index contributed by atoms with van der Waals surface area (Å²) in [4.78, 5) is 12.9. The summed E-state index contributed by atoms with van der Waals surface area (Å²) >= 11 is 0. The number of fused-ring (bicyclic) bond motifs is 1. The number of nitro benzene ring substituents is 1. The molecule has 2 N–H and O–H groups in total. The Morgan fingerprint density at radius 1 is 1.35 bits per heavy atom. The summed E-state index contributed by atoms with van der Waals surface area (Å²) in [6.45, 7) is 3.83. The molecule has 0 radical (unpaired) electrons. The molecule has 3 atom stereocenters. The highest BCUT2D eigenvalue weighted by Gasteiger charge is 2.38. The number of hydrogen-bond acceptors (Lipinski definition) is 4. The number of aryl methyl sites for hydroxylation is 1. The maximum atomic E-state index is 10.9. The smallest absolute Gasteiger partial charge is 0.272 e. The summed E-state index contributed by atoms with van der Waals surface area (Å²) < 4.78 is 0. The van der Waals surface area contributed by atoms with Crippen molar-refractivity contribution in [1.82, 2.24) is 0 Å². The highest BCUT2D eigenvalue weighted by atomic mass is 16.6. The molecule has 5 heteroatoms. The fourth-order valence-electron chi connectivity index (χ4n) is 3.77. The van der Waals surface area contributed by atoms with Gasteiger partial charge in [-0.2, -0.15) is 0 Å². The predicted molar refractivity (Wildman–Crippen MR) is 78.9 cm³/mol. The zero-order valence-electron chi connectivity index (χ0n) is 11.8. The Kier molecular flexibility index (Phi) is 3.38. The van der Waals surface area contributed by atoms with Crippen LogP contribution in [0.25, 0.3) is 0 Å². The Balaban J connectivity index is 1.81. The van der Waals surface area contributed by atoms with Crippen molar-refractivity contribution >= 4 is 11.4 Å². The number of nitro groups is 1. The highest BCUT2D eigenvalue weighted by Crippen LogP contribution is 2.38. The first kappa shape index (κ1) is 13.4. The van der Waals surface area contributed by atoms with E-state index >= 15 is 0 Å². The summed E-state index contributed by atoms with van der Waals surface area (Å²) in [5.74, 6) is 1.27. The van der Waals surface area contributed by atoms with E-state index in [9.17, 15) is 10.1 Å². The maximum Gasteiger partial charge on any atom is 0.272 e. The van der Waals surface area contributed by atoms with Gasteiger partial charge in [0, 0.05) is 36.4 Å². The lowest BCUT2D eigenvalue weighted by Gasteiger charge is -2.29. The number of hydrogen-bond donors (Lipinski definition) is 1. The standard InChI is InChI=1S/C15H21N3O2/c1-10-7-12(5-6-15(10)18(19)20)17-8-11-3-2-4-14(16)13(11)9-17/h5-7,11,13-14H,2-4,8-9,16H2,1H3. The Bertz CT molecular complexity index is 532. The van der Waals surface area contributed by atoms with Gasteiger partial charge in [-0.3, -0.25) is 10.1 Å². The van der Waals surface area contributed by atoms with Gasteiger partial charge >= 0.3 is 0 Å². The SMILES string of the molecule is Cc1cc(N2CC3CCCC(N)C3C2)ccc1[N+](=O)[O-]. The number of anilines is 1. The molecule has 108 valence electrons. The van der Waals surface area contributed by atoms with E-state index in [0.29, 0.717) is 17.9 Å². The van der Waals surface area contributed by atoms with E-state index in [1.54, 1.807) is 13.0 Å². The molecule has 2 aliphatic rings. The molecule has 0 spiro atoms. The van der Waals surface area contributed by atoms with E-state index in [1.807, 2.05) is 12.1 Å². The summed E-state index contributed by atoms with van der Waals surface area (Å²) in [5.41, 5.74) is 8.26. The molecule has 1 aliphatic carbocycles. The van der Waals surface area contributed by atoms with Gasteiger partial charge in [-0.15, -0.1) is 0 Å². The monoisotopic (exact) mass is 275 g/mol.